The van der Waals surface area contributed by atoms with Crippen LogP contribution in [0.25, 0.3) is 0 Å². The van der Waals surface area contributed by atoms with Gasteiger partial charge in [-0.2, -0.15) is 0 Å². The smallest absolute Gasteiger partial charge is 0.114 e. The molecule has 86 valence electrons. The van der Waals surface area contributed by atoms with Gasteiger partial charge in [0.25, 0.3) is 0 Å². The molecule has 0 atom stereocenters. The van der Waals surface area contributed by atoms with Crippen molar-refractivity contribution in [2.75, 3.05) is 0 Å². The third-order valence-electron chi connectivity index (χ3n) is 2.36. The average molecular weight is 208 g/mol. The Morgan fingerprint density at radius 1 is 1.13 bits per heavy atom. The zero-order chi connectivity index (χ0) is 11.9. The molecule has 0 fully saturated rings. The third kappa shape index (κ3) is 3.08. The highest BCUT2D eigenvalue weighted by Gasteiger charge is 2.23. The van der Waals surface area contributed by atoms with Crippen LogP contribution in [0.1, 0.15) is 53.1 Å². The van der Waals surface area contributed by atoms with E-state index in [1.807, 2.05) is 6.20 Å². The van der Waals surface area contributed by atoms with Crippen molar-refractivity contribution < 1.29 is 0 Å². The second kappa shape index (κ2) is 3.66. The van der Waals surface area contributed by atoms with Gasteiger partial charge in [0.2, 0.25) is 0 Å². The van der Waals surface area contributed by atoms with E-state index in [-0.39, 0.29) is 5.41 Å². The molecule has 1 heterocycles. The summed E-state index contributed by atoms with van der Waals surface area (Å²) in [6.45, 7) is 16.6. The van der Waals surface area contributed by atoms with Gasteiger partial charge < -0.3 is 4.57 Å². The lowest BCUT2D eigenvalue weighted by molar-refractivity contribution is 0.323. The van der Waals surface area contributed by atoms with E-state index in [1.165, 1.54) is 11.5 Å². The number of rotatable bonds is 1. The fraction of sp³-hybridized carbons (Fsp3) is 0.769. The Bertz CT molecular complexity index is 334. The fourth-order valence-electron chi connectivity index (χ4n) is 1.73. The summed E-state index contributed by atoms with van der Waals surface area (Å²) in [5, 5.41) is 0. The topological polar surface area (TPSA) is 17.8 Å². The van der Waals surface area contributed by atoms with Crippen LogP contribution in [0.4, 0.5) is 0 Å². The van der Waals surface area contributed by atoms with Gasteiger partial charge in [0, 0.05) is 23.9 Å². The summed E-state index contributed by atoms with van der Waals surface area (Å²) in [6.07, 6.45) is 1.98. The first-order valence-electron chi connectivity index (χ1n) is 5.64. The third-order valence-corrected chi connectivity index (χ3v) is 2.36. The molecule has 0 aliphatic carbocycles. The molecule has 1 aromatic heterocycles. The van der Waals surface area contributed by atoms with Gasteiger partial charge in [-0.05, 0) is 12.3 Å². The molecule has 15 heavy (non-hydrogen) atoms. The van der Waals surface area contributed by atoms with Gasteiger partial charge in [0.05, 0.1) is 0 Å². The molecule has 1 aromatic rings. The minimum atomic E-state index is 0.125. The van der Waals surface area contributed by atoms with Crippen LogP contribution >= 0.6 is 0 Å². The van der Waals surface area contributed by atoms with Gasteiger partial charge in [-0.15, -0.1) is 0 Å². The maximum atomic E-state index is 4.53. The number of hydrogen-bond donors (Lipinski definition) is 0. The molecule has 0 spiro atoms. The molecule has 0 bridgehead atoms. The molecule has 0 radical (unpaired) electrons. The first kappa shape index (κ1) is 12.3. The summed E-state index contributed by atoms with van der Waals surface area (Å²) in [5.74, 6) is 1.19. The second-order valence-corrected chi connectivity index (χ2v) is 6.62. The summed E-state index contributed by atoms with van der Waals surface area (Å²) < 4.78 is 2.35. The molecule has 1 rings (SSSR count). The molecule has 0 N–H and O–H groups in total. The Morgan fingerprint density at radius 3 is 2.07 bits per heavy atom. The minimum absolute atomic E-state index is 0.125. The van der Waals surface area contributed by atoms with E-state index in [0.29, 0.717) is 5.41 Å². The van der Waals surface area contributed by atoms with Crippen LogP contribution in [0.5, 0.6) is 0 Å². The molecule has 0 saturated heterocycles. The van der Waals surface area contributed by atoms with Gasteiger partial charge in [-0.3, -0.25) is 0 Å². The molecule has 0 unspecified atom stereocenters. The van der Waals surface area contributed by atoms with Crippen LogP contribution in [0.3, 0.4) is 0 Å². The van der Waals surface area contributed by atoms with Gasteiger partial charge in [0.15, 0.2) is 0 Å². The van der Waals surface area contributed by atoms with Crippen molar-refractivity contribution in [3.63, 3.8) is 0 Å². The largest absolute Gasteiger partial charge is 0.331 e. The van der Waals surface area contributed by atoms with Crippen molar-refractivity contribution >= 4 is 0 Å². The SMILES string of the molecule is Cc1cnc(C(C)(C)C)n1CC(C)(C)C. The Balaban J connectivity index is 3.11. The van der Waals surface area contributed by atoms with E-state index in [9.17, 15) is 0 Å². The number of nitrogens with zero attached hydrogens (tertiary/aromatic N) is 2. The molecule has 0 amide bonds. The van der Waals surface area contributed by atoms with Crippen molar-refractivity contribution in [3.8, 4) is 0 Å². The van der Waals surface area contributed by atoms with Crippen molar-refractivity contribution in [2.45, 2.75) is 60.4 Å². The second-order valence-electron chi connectivity index (χ2n) is 6.62. The highest BCUT2D eigenvalue weighted by Crippen LogP contribution is 2.26. The minimum Gasteiger partial charge on any atom is -0.331 e. The molecular formula is C13H24N2. The Morgan fingerprint density at radius 2 is 1.67 bits per heavy atom. The predicted octanol–water partition coefficient (Wildman–Crippen LogP) is 3.54. The number of hydrogen-bond acceptors (Lipinski definition) is 1. The lowest BCUT2D eigenvalue weighted by Gasteiger charge is -2.26. The zero-order valence-corrected chi connectivity index (χ0v) is 11.2. The first-order chi connectivity index (χ1) is 6.61. The Labute approximate surface area is 93.7 Å². The van der Waals surface area contributed by atoms with Crippen LogP contribution in [0.15, 0.2) is 6.20 Å². The van der Waals surface area contributed by atoms with Crippen LogP contribution in [-0.4, -0.2) is 9.55 Å². The van der Waals surface area contributed by atoms with Gasteiger partial charge in [-0.1, -0.05) is 41.5 Å². The monoisotopic (exact) mass is 208 g/mol. The van der Waals surface area contributed by atoms with E-state index in [2.05, 4.69) is 58.0 Å². The normalized spacial score (nSPS) is 13.3. The lowest BCUT2D eigenvalue weighted by Crippen LogP contribution is -2.24. The predicted molar refractivity (Wildman–Crippen MR) is 65.1 cm³/mol. The molecule has 0 aliphatic rings. The van der Waals surface area contributed by atoms with E-state index in [4.69, 9.17) is 0 Å². The first-order valence-corrected chi connectivity index (χ1v) is 5.64. The van der Waals surface area contributed by atoms with Crippen molar-refractivity contribution in [2.24, 2.45) is 5.41 Å². The zero-order valence-electron chi connectivity index (χ0n) is 11.2. The maximum Gasteiger partial charge on any atom is 0.114 e. The molecular weight excluding hydrogens is 184 g/mol. The number of aromatic nitrogens is 2. The molecule has 0 aromatic carbocycles. The standard InChI is InChI=1S/C13H24N2/c1-10-8-14-11(13(5,6)7)15(10)9-12(2,3)4/h8H,9H2,1-7H3. The van der Waals surface area contributed by atoms with Gasteiger partial charge in [-0.25, -0.2) is 4.98 Å². The highest BCUT2D eigenvalue weighted by atomic mass is 15.1. The van der Waals surface area contributed by atoms with Gasteiger partial charge in [0.1, 0.15) is 5.82 Å². The Kier molecular flexibility index (Phi) is 2.99. The molecule has 2 nitrogen and oxygen atoms in total. The van der Waals surface area contributed by atoms with E-state index in [1.54, 1.807) is 0 Å². The summed E-state index contributed by atoms with van der Waals surface area (Å²) in [6, 6.07) is 0. The van der Waals surface area contributed by atoms with Crippen molar-refractivity contribution in [3.05, 3.63) is 17.7 Å². The summed E-state index contributed by atoms with van der Waals surface area (Å²) >= 11 is 0. The van der Waals surface area contributed by atoms with Crippen LogP contribution in [0, 0.1) is 12.3 Å². The molecule has 2 heteroatoms. The fourth-order valence-corrected chi connectivity index (χ4v) is 1.73. The van der Waals surface area contributed by atoms with E-state index < -0.39 is 0 Å². The van der Waals surface area contributed by atoms with E-state index in [0.717, 1.165) is 6.54 Å². The number of imidazole rings is 1. The molecule has 0 aliphatic heterocycles. The summed E-state index contributed by atoms with van der Waals surface area (Å²) in [4.78, 5) is 4.53. The highest BCUT2D eigenvalue weighted by molar-refractivity contribution is 5.11. The molecule has 0 saturated carbocycles. The average Bonchev–Trinajstić information content (AvgIpc) is 2.28. The van der Waals surface area contributed by atoms with E-state index >= 15 is 0 Å². The van der Waals surface area contributed by atoms with Crippen LogP contribution in [-0.2, 0) is 12.0 Å². The van der Waals surface area contributed by atoms with Crippen molar-refractivity contribution in [1.29, 1.82) is 0 Å². The van der Waals surface area contributed by atoms with Gasteiger partial charge >= 0.3 is 0 Å². The Hall–Kier alpha value is -0.790. The summed E-state index contributed by atoms with van der Waals surface area (Å²) in [5.41, 5.74) is 1.68. The van der Waals surface area contributed by atoms with Crippen LogP contribution < -0.4 is 0 Å². The summed E-state index contributed by atoms with van der Waals surface area (Å²) in [7, 11) is 0. The maximum absolute atomic E-state index is 4.53. The number of aryl methyl sites for hydroxylation is 1. The lowest BCUT2D eigenvalue weighted by atomic mass is 9.93. The quantitative estimate of drug-likeness (QED) is 0.690. The van der Waals surface area contributed by atoms with Crippen LogP contribution in [0.2, 0.25) is 0 Å². The van der Waals surface area contributed by atoms with Crippen molar-refractivity contribution in [1.82, 2.24) is 9.55 Å².